The number of para-hydroxylation sites is 1. The summed E-state index contributed by atoms with van der Waals surface area (Å²) in [6, 6.07) is 13.3. The van der Waals surface area contributed by atoms with Crippen molar-refractivity contribution in [2.75, 3.05) is 11.1 Å². The lowest BCUT2D eigenvalue weighted by atomic mass is 10.0. The zero-order valence-electron chi connectivity index (χ0n) is 11.7. The van der Waals surface area contributed by atoms with Crippen LogP contribution in [0.3, 0.4) is 0 Å². The molecule has 104 valence electrons. The highest BCUT2D eigenvalue weighted by Gasteiger charge is 2.10. The van der Waals surface area contributed by atoms with Gasteiger partial charge < -0.3 is 16.8 Å². The molecule has 1 amide bonds. The Morgan fingerprint density at radius 2 is 1.90 bits per heavy atom. The summed E-state index contributed by atoms with van der Waals surface area (Å²) < 4.78 is 0. The van der Waals surface area contributed by atoms with E-state index in [0.717, 1.165) is 22.5 Å². The molecule has 0 heterocycles. The second kappa shape index (κ2) is 5.65. The first-order valence-corrected chi connectivity index (χ1v) is 6.50. The molecule has 20 heavy (non-hydrogen) atoms. The van der Waals surface area contributed by atoms with Crippen molar-refractivity contribution in [2.45, 2.75) is 19.9 Å². The standard InChI is InChI=1S/C16H19N3O/c1-10-9-12(7-8-13(10)16(18)20)19-11(2)14-5-3-4-6-15(14)17/h3-9,11,19H,17H2,1-2H3,(H2,18,20). The minimum Gasteiger partial charge on any atom is -0.398 e. The van der Waals surface area contributed by atoms with E-state index in [1.54, 1.807) is 6.07 Å². The summed E-state index contributed by atoms with van der Waals surface area (Å²) in [5, 5.41) is 3.37. The Balaban J connectivity index is 2.20. The van der Waals surface area contributed by atoms with E-state index in [2.05, 4.69) is 5.32 Å². The van der Waals surface area contributed by atoms with Crippen molar-refractivity contribution >= 4 is 17.3 Å². The van der Waals surface area contributed by atoms with Crippen LogP contribution in [0.15, 0.2) is 42.5 Å². The topological polar surface area (TPSA) is 81.1 Å². The van der Waals surface area contributed by atoms with Crippen molar-refractivity contribution in [1.82, 2.24) is 0 Å². The van der Waals surface area contributed by atoms with E-state index in [1.165, 1.54) is 0 Å². The molecule has 4 heteroatoms. The van der Waals surface area contributed by atoms with Crippen LogP contribution in [0.4, 0.5) is 11.4 Å². The van der Waals surface area contributed by atoms with E-state index in [0.29, 0.717) is 5.56 Å². The number of nitrogens with two attached hydrogens (primary N) is 2. The Morgan fingerprint density at radius 1 is 1.20 bits per heavy atom. The summed E-state index contributed by atoms with van der Waals surface area (Å²) in [4.78, 5) is 11.2. The molecule has 2 aromatic rings. The Morgan fingerprint density at radius 3 is 2.50 bits per heavy atom. The van der Waals surface area contributed by atoms with Gasteiger partial charge in [0.05, 0.1) is 6.04 Å². The minimum absolute atomic E-state index is 0.0787. The van der Waals surface area contributed by atoms with Gasteiger partial charge in [-0.25, -0.2) is 0 Å². The van der Waals surface area contributed by atoms with E-state index in [4.69, 9.17) is 11.5 Å². The van der Waals surface area contributed by atoms with Crippen LogP contribution in [0.2, 0.25) is 0 Å². The number of carbonyl (C=O) groups excluding carboxylic acids is 1. The molecule has 2 aromatic carbocycles. The minimum atomic E-state index is -0.408. The van der Waals surface area contributed by atoms with Gasteiger partial charge in [-0.05, 0) is 49.2 Å². The Labute approximate surface area is 118 Å². The third-order valence-electron chi connectivity index (χ3n) is 3.34. The molecule has 1 atom stereocenters. The molecule has 0 bridgehead atoms. The zero-order valence-corrected chi connectivity index (χ0v) is 11.7. The molecule has 0 saturated heterocycles. The number of hydrogen-bond acceptors (Lipinski definition) is 3. The lowest BCUT2D eigenvalue weighted by Crippen LogP contribution is -2.13. The van der Waals surface area contributed by atoms with Crippen LogP contribution in [0.5, 0.6) is 0 Å². The molecule has 0 spiro atoms. The fourth-order valence-corrected chi connectivity index (χ4v) is 2.26. The molecule has 4 nitrogen and oxygen atoms in total. The van der Waals surface area contributed by atoms with Gasteiger partial charge in [0, 0.05) is 16.9 Å². The number of carbonyl (C=O) groups is 1. The molecule has 0 aromatic heterocycles. The smallest absolute Gasteiger partial charge is 0.248 e. The monoisotopic (exact) mass is 269 g/mol. The maximum Gasteiger partial charge on any atom is 0.248 e. The molecule has 2 rings (SSSR count). The predicted octanol–water partition coefficient (Wildman–Crippen LogP) is 2.85. The van der Waals surface area contributed by atoms with Crippen LogP contribution in [-0.4, -0.2) is 5.91 Å². The van der Waals surface area contributed by atoms with E-state index in [1.807, 2.05) is 50.2 Å². The second-order valence-electron chi connectivity index (χ2n) is 4.89. The number of rotatable bonds is 4. The van der Waals surface area contributed by atoms with Crippen molar-refractivity contribution in [3.8, 4) is 0 Å². The van der Waals surface area contributed by atoms with Crippen LogP contribution in [0.25, 0.3) is 0 Å². The van der Waals surface area contributed by atoms with Crippen molar-refractivity contribution in [1.29, 1.82) is 0 Å². The Hall–Kier alpha value is -2.49. The molecule has 5 N–H and O–H groups in total. The maximum atomic E-state index is 11.2. The molecule has 0 aliphatic rings. The molecule has 0 saturated carbocycles. The summed E-state index contributed by atoms with van der Waals surface area (Å²) in [6.45, 7) is 3.91. The lowest BCUT2D eigenvalue weighted by Gasteiger charge is -2.18. The quantitative estimate of drug-likeness (QED) is 0.746. The summed E-state index contributed by atoms with van der Waals surface area (Å²) in [5.41, 5.74) is 15.4. The average molecular weight is 269 g/mol. The number of nitrogens with one attached hydrogen (secondary N) is 1. The van der Waals surface area contributed by atoms with E-state index in [9.17, 15) is 4.79 Å². The third kappa shape index (κ3) is 2.91. The van der Waals surface area contributed by atoms with Crippen molar-refractivity contribution < 1.29 is 4.79 Å². The Bertz CT molecular complexity index is 637. The molecule has 0 fully saturated rings. The normalized spacial score (nSPS) is 11.9. The predicted molar refractivity (Wildman–Crippen MR) is 82.6 cm³/mol. The fraction of sp³-hybridized carbons (Fsp3) is 0.188. The molecule has 0 radical (unpaired) electrons. The maximum absolute atomic E-state index is 11.2. The first kappa shape index (κ1) is 13.9. The van der Waals surface area contributed by atoms with Gasteiger partial charge in [-0.15, -0.1) is 0 Å². The van der Waals surface area contributed by atoms with E-state index < -0.39 is 5.91 Å². The zero-order chi connectivity index (χ0) is 14.7. The molecule has 0 aliphatic carbocycles. The van der Waals surface area contributed by atoms with Gasteiger partial charge in [-0.2, -0.15) is 0 Å². The SMILES string of the molecule is Cc1cc(NC(C)c2ccccc2N)ccc1C(N)=O. The summed E-state index contributed by atoms with van der Waals surface area (Å²) in [5.74, 6) is -0.408. The number of anilines is 2. The van der Waals surface area contributed by atoms with Gasteiger partial charge in [0.15, 0.2) is 0 Å². The first-order chi connectivity index (χ1) is 9.49. The van der Waals surface area contributed by atoms with Gasteiger partial charge in [0.2, 0.25) is 5.91 Å². The van der Waals surface area contributed by atoms with Gasteiger partial charge in [-0.1, -0.05) is 18.2 Å². The molecule has 0 aliphatic heterocycles. The van der Waals surface area contributed by atoms with Gasteiger partial charge in [0.25, 0.3) is 0 Å². The summed E-state index contributed by atoms with van der Waals surface area (Å²) in [6.07, 6.45) is 0. The van der Waals surface area contributed by atoms with Crippen molar-refractivity contribution in [3.63, 3.8) is 0 Å². The highest BCUT2D eigenvalue weighted by molar-refractivity contribution is 5.94. The highest BCUT2D eigenvalue weighted by Crippen LogP contribution is 2.24. The van der Waals surface area contributed by atoms with Gasteiger partial charge >= 0.3 is 0 Å². The third-order valence-corrected chi connectivity index (χ3v) is 3.34. The number of amides is 1. The van der Waals surface area contributed by atoms with Crippen LogP contribution >= 0.6 is 0 Å². The number of hydrogen-bond donors (Lipinski definition) is 3. The Kier molecular flexibility index (Phi) is 3.94. The van der Waals surface area contributed by atoms with Crippen LogP contribution < -0.4 is 16.8 Å². The van der Waals surface area contributed by atoms with Crippen LogP contribution in [0.1, 0.15) is 34.5 Å². The largest absolute Gasteiger partial charge is 0.398 e. The number of aryl methyl sites for hydroxylation is 1. The molecular weight excluding hydrogens is 250 g/mol. The number of primary amides is 1. The second-order valence-corrected chi connectivity index (χ2v) is 4.89. The average Bonchev–Trinajstić information content (AvgIpc) is 2.38. The van der Waals surface area contributed by atoms with Crippen molar-refractivity contribution in [2.24, 2.45) is 5.73 Å². The van der Waals surface area contributed by atoms with E-state index in [-0.39, 0.29) is 6.04 Å². The van der Waals surface area contributed by atoms with Crippen LogP contribution in [0, 0.1) is 6.92 Å². The van der Waals surface area contributed by atoms with Crippen molar-refractivity contribution in [3.05, 3.63) is 59.2 Å². The number of nitrogen functional groups attached to an aromatic ring is 1. The summed E-state index contributed by atoms with van der Waals surface area (Å²) in [7, 11) is 0. The first-order valence-electron chi connectivity index (χ1n) is 6.50. The lowest BCUT2D eigenvalue weighted by molar-refractivity contribution is 0.1000. The van der Waals surface area contributed by atoms with Gasteiger partial charge in [0.1, 0.15) is 0 Å². The van der Waals surface area contributed by atoms with Crippen LogP contribution in [-0.2, 0) is 0 Å². The molecular formula is C16H19N3O. The summed E-state index contributed by atoms with van der Waals surface area (Å²) >= 11 is 0. The van der Waals surface area contributed by atoms with E-state index >= 15 is 0 Å². The number of benzene rings is 2. The fourth-order valence-electron chi connectivity index (χ4n) is 2.26. The molecule has 1 unspecified atom stereocenters. The van der Waals surface area contributed by atoms with Gasteiger partial charge in [-0.3, -0.25) is 4.79 Å². The highest BCUT2D eigenvalue weighted by atomic mass is 16.1.